The summed E-state index contributed by atoms with van der Waals surface area (Å²) in [7, 11) is -2.62. The number of ether oxygens (including phenoxy) is 2. The maximum Gasteiger partial charge on any atom is 0.437 e. The molecule has 3 atom stereocenters. The van der Waals surface area contributed by atoms with Crippen molar-refractivity contribution in [1.29, 1.82) is 0 Å². The van der Waals surface area contributed by atoms with Gasteiger partial charge in [-0.1, -0.05) is 74.8 Å². The van der Waals surface area contributed by atoms with Crippen LogP contribution >= 0.6 is 11.6 Å². The van der Waals surface area contributed by atoms with Gasteiger partial charge in [0, 0.05) is 12.5 Å². The van der Waals surface area contributed by atoms with E-state index in [9.17, 15) is 14.4 Å². The molecule has 3 amide bonds. The van der Waals surface area contributed by atoms with Gasteiger partial charge in [0.1, 0.15) is 18.3 Å². The van der Waals surface area contributed by atoms with Crippen molar-refractivity contribution in [3.05, 3.63) is 64.7 Å². The zero-order valence-corrected chi connectivity index (χ0v) is 32.0. The maximum absolute atomic E-state index is 15.4. The van der Waals surface area contributed by atoms with E-state index in [0.717, 1.165) is 5.56 Å². The van der Waals surface area contributed by atoms with Gasteiger partial charge in [-0.2, -0.15) is 0 Å². The predicted molar refractivity (Wildman–Crippen MR) is 192 cm³/mol. The molecule has 0 aromatic heterocycles. The van der Waals surface area contributed by atoms with E-state index in [2.05, 4.69) is 15.6 Å². The fourth-order valence-electron chi connectivity index (χ4n) is 5.73. The average Bonchev–Trinajstić information content (AvgIpc) is 2.97. The van der Waals surface area contributed by atoms with E-state index < -0.39 is 62.0 Å². The number of nitrogens with zero attached hydrogens (tertiary/aromatic N) is 2. The summed E-state index contributed by atoms with van der Waals surface area (Å²) in [4.78, 5) is 45.4. The van der Waals surface area contributed by atoms with Gasteiger partial charge in [0.25, 0.3) is 5.92 Å². The van der Waals surface area contributed by atoms with Crippen molar-refractivity contribution in [2.45, 2.75) is 128 Å². The molecular formula is C36H49ClF2N4O6Si. The van der Waals surface area contributed by atoms with E-state index in [4.69, 9.17) is 25.5 Å². The Balaban J connectivity index is 1.64. The van der Waals surface area contributed by atoms with Crippen molar-refractivity contribution < 1.29 is 37.1 Å². The summed E-state index contributed by atoms with van der Waals surface area (Å²) in [5.74, 6) is -3.69. The Hall–Kier alpha value is -3.55. The lowest BCUT2D eigenvalue weighted by Gasteiger charge is -2.49. The molecule has 2 fully saturated rings. The Bertz CT molecular complexity index is 1610. The summed E-state index contributed by atoms with van der Waals surface area (Å²) in [5.41, 5.74) is -0.639. The minimum atomic E-state index is -3.10. The third kappa shape index (κ3) is 9.41. The number of rotatable bonds is 7. The molecule has 274 valence electrons. The van der Waals surface area contributed by atoms with Crippen molar-refractivity contribution in [3.8, 4) is 0 Å². The normalized spacial score (nSPS) is 23.6. The fourth-order valence-corrected chi connectivity index (χ4v) is 7.45. The van der Waals surface area contributed by atoms with Gasteiger partial charge in [-0.15, -0.1) is 4.99 Å². The van der Waals surface area contributed by atoms with Crippen LogP contribution in [0.4, 0.5) is 24.1 Å². The number of hydrogen-bond donors (Lipinski definition) is 2. The number of benzene rings is 2. The van der Waals surface area contributed by atoms with Crippen LogP contribution in [0.2, 0.25) is 23.2 Å². The molecule has 2 N–H and O–H groups in total. The third-order valence-electron chi connectivity index (χ3n) is 9.40. The molecule has 1 aliphatic carbocycles. The zero-order chi connectivity index (χ0) is 37.3. The van der Waals surface area contributed by atoms with Crippen LogP contribution in [-0.2, 0) is 30.8 Å². The zero-order valence-electron chi connectivity index (χ0n) is 30.3. The first kappa shape index (κ1) is 39.2. The van der Waals surface area contributed by atoms with Crippen LogP contribution in [0.25, 0.3) is 0 Å². The van der Waals surface area contributed by atoms with Crippen LogP contribution in [0.1, 0.15) is 85.3 Å². The largest absolute Gasteiger partial charge is 0.444 e. The monoisotopic (exact) mass is 734 g/mol. The van der Waals surface area contributed by atoms with Crippen LogP contribution in [0, 0.1) is 0 Å². The van der Waals surface area contributed by atoms with Gasteiger partial charge in [-0.25, -0.2) is 18.4 Å². The Morgan fingerprint density at radius 1 is 1.08 bits per heavy atom. The molecule has 2 aromatic carbocycles. The second-order valence-corrected chi connectivity index (χ2v) is 20.9. The second-order valence-electron chi connectivity index (χ2n) is 15.7. The highest BCUT2D eigenvalue weighted by molar-refractivity contribution is 6.74. The highest BCUT2D eigenvalue weighted by atomic mass is 35.5. The summed E-state index contributed by atoms with van der Waals surface area (Å²) >= 11 is 6.85. The van der Waals surface area contributed by atoms with Crippen LogP contribution in [0.15, 0.2) is 53.5 Å². The van der Waals surface area contributed by atoms with E-state index in [1.54, 1.807) is 45.9 Å². The van der Waals surface area contributed by atoms with Crippen LogP contribution in [0.5, 0.6) is 0 Å². The van der Waals surface area contributed by atoms with Crippen molar-refractivity contribution in [3.63, 3.8) is 0 Å². The molecule has 14 heteroatoms. The molecular weight excluding hydrogens is 686 g/mol. The quantitative estimate of drug-likeness (QED) is 0.273. The van der Waals surface area contributed by atoms with Gasteiger partial charge in [-0.05, 0) is 75.9 Å². The first-order valence-corrected chi connectivity index (χ1v) is 20.0. The van der Waals surface area contributed by atoms with Gasteiger partial charge in [-0.3, -0.25) is 15.0 Å². The van der Waals surface area contributed by atoms with Crippen molar-refractivity contribution in [1.82, 2.24) is 10.2 Å². The molecule has 1 heterocycles. The molecule has 1 saturated carbocycles. The Morgan fingerprint density at radius 3 is 2.36 bits per heavy atom. The highest BCUT2D eigenvalue weighted by Gasteiger charge is 2.53. The summed E-state index contributed by atoms with van der Waals surface area (Å²) in [5, 5.41) is 5.70. The number of halogens is 3. The van der Waals surface area contributed by atoms with Gasteiger partial charge in [0.2, 0.25) is 11.9 Å². The SMILES string of the molecule is CC(C)(C)OC(=O)/N=C1\N[C@](C)(c2cccc(NC(=O)OCc3ccccc3)c2Cl)CC(=O)N1[C@H]1CCC(F)(F)[C@@H](O[Si](C)(C)C(C)(C)C)C1. The molecule has 2 aliphatic rings. The predicted octanol–water partition coefficient (Wildman–Crippen LogP) is 9.00. The van der Waals surface area contributed by atoms with Gasteiger partial charge in [0.05, 0.1) is 22.7 Å². The van der Waals surface area contributed by atoms with E-state index in [1.807, 2.05) is 64.2 Å². The molecule has 1 aliphatic heterocycles. The lowest BCUT2D eigenvalue weighted by atomic mass is 9.84. The van der Waals surface area contributed by atoms with E-state index in [-0.39, 0.29) is 47.6 Å². The van der Waals surface area contributed by atoms with Crippen LogP contribution in [-0.4, -0.2) is 60.9 Å². The molecule has 1 saturated heterocycles. The van der Waals surface area contributed by atoms with E-state index >= 15 is 8.78 Å². The number of amides is 3. The summed E-state index contributed by atoms with van der Waals surface area (Å²) in [6, 6.07) is 13.4. The minimum absolute atomic E-state index is 0.0346. The maximum atomic E-state index is 15.4. The van der Waals surface area contributed by atoms with Crippen molar-refractivity contribution in [2.75, 3.05) is 5.32 Å². The minimum Gasteiger partial charge on any atom is -0.444 e. The first-order valence-electron chi connectivity index (χ1n) is 16.8. The topological polar surface area (TPSA) is 119 Å². The number of guanidine groups is 1. The van der Waals surface area contributed by atoms with Gasteiger partial charge < -0.3 is 19.2 Å². The molecule has 4 rings (SSSR count). The summed E-state index contributed by atoms with van der Waals surface area (Å²) < 4.78 is 47.8. The molecule has 0 bridgehead atoms. The molecule has 0 radical (unpaired) electrons. The van der Waals surface area contributed by atoms with Gasteiger partial charge in [0.15, 0.2) is 8.32 Å². The number of nitrogens with one attached hydrogen (secondary N) is 2. The summed E-state index contributed by atoms with van der Waals surface area (Å²) in [6.45, 7) is 16.6. The van der Waals surface area contributed by atoms with Gasteiger partial charge >= 0.3 is 12.2 Å². The number of carbonyl (C=O) groups excluding carboxylic acids is 3. The summed E-state index contributed by atoms with van der Waals surface area (Å²) in [6.07, 6.45) is -3.97. The molecule has 10 nitrogen and oxygen atoms in total. The molecule has 0 spiro atoms. The fraction of sp³-hybridized carbons (Fsp3) is 0.556. The molecule has 0 unspecified atom stereocenters. The lowest BCUT2D eigenvalue weighted by molar-refractivity contribution is -0.148. The Labute approximate surface area is 299 Å². The number of anilines is 1. The number of carbonyl (C=O) groups is 3. The van der Waals surface area contributed by atoms with Crippen molar-refractivity contribution >= 4 is 49.7 Å². The van der Waals surface area contributed by atoms with Crippen LogP contribution < -0.4 is 10.6 Å². The highest BCUT2D eigenvalue weighted by Crippen LogP contribution is 2.45. The lowest BCUT2D eigenvalue weighted by Crippen LogP contribution is -2.64. The number of aliphatic imine (C=N–C) groups is 1. The van der Waals surface area contributed by atoms with Crippen LogP contribution in [0.3, 0.4) is 0 Å². The van der Waals surface area contributed by atoms with E-state index in [0.29, 0.717) is 5.56 Å². The smallest absolute Gasteiger partial charge is 0.437 e. The molecule has 50 heavy (non-hydrogen) atoms. The van der Waals surface area contributed by atoms with Crippen molar-refractivity contribution in [2.24, 2.45) is 4.99 Å². The van der Waals surface area contributed by atoms with E-state index in [1.165, 1.54) is 4.90 Å². The first-order chi connectivity index (χ1) is 23.0. The number of alkyl halides is 2. The molecule has 2 aromatic rings. The average molecular weight is 735 g/mol. The second kappa shape index (κ2) is 14.6. The standard InChI is InChI=1S/C36H49ClF2N4O6Si/c1-33(2,3)48-32(46)41-30-42-35(7,25-16-13-17-26(29(25)37)40-31(45)47-22-23-14-11-10-12-15-23)21-28(44)43(30)24-18-19-36(38,39)27(20-24)49-50(8,9)34(4,5)6/h10-17,24,27H,18-22H2,1-9H3,(H,40,45)(H,41,42,46)/t24-,27-,35-/m0/s1. The Kier molecular flexibility index (Phi) is 11.4. The Morgan fingerprint density at radius 2 is 1.74 bits per heavy atom. The third-order valence-corrected chi connectivity index (χ3v) is 14.3. The number of hydrogen-bond acceptors (Lipinski definition) is 6.